The predicted octanol–water partition coefficient (Wildman–Crippen LogP) is 0.0472. The minimum Gasteiger partial charge on any atom is -0.463 e. The maximum atomic E-state index is 11.5. The van der Waals surface area contributed by atoms with Crippen LogP contribution in [0.4, 0.5) is 0 Å². The van der Waals surface area contributed by atoms with Crippen LogP contribution < -0.4 is 5.32 Å². The molecule has 0 bridgehead atoms. The normalized spacial score (nSPS) is 11.8. The average molecular weight is 290 g/mol. The molecule has 0 aliphatic heterocycles. The van der Waals surface area contributed by atoms with Crippen LogP contribution in [0.25, 0.3) is 0 Å². The maximum absolute atomic E-state index is 11.5. The molecule has 1 aromatic rings. The van der Waals surface area contributed by atoms with E-state index in [1.54, 1.807) is 6.07 Å². The summed E-state index contributed by atoms with van der Waals surface area (Å²) in [6.45, 7) is 0.648. The SMILES string of the molecule is COC(=O)c1ccc(CNCCS(=O)(=O)N(C)C)o1. The molecule has 0 amide bonds. The van der Waals surface area contributed by atoms with Crippen LogP contribution in [0.5, 0.6) is 0 Å². The summed E-state index contributed by atoms with van der Waals surface area (Å²) in [6.07, 6.45) is 0. The Labute approximate surface area is 112 Å². The molecule has 1 N–H and O–H groups in total. The number of sulfonamides is 1. The van der Waals surface area contributed by atoms with Crippen molar-refractivity contribution in [1.29, 1.82) is 0 Å². The summed E-state index contributed by atoms with van der Waals surface area (Å²) in [4.78, 5) is 11.1. The molecule has 1 rings (SSSR count). The molecule has 0 spiro atoms. The number of methoxy groups -OCH3 is 1. The van der Waals surface area contributed by atoms with Crippen molar-refractivity contribution in [2.45, 2.75) is 6.54 Å². The minimum atomic E-state index is -3.20. The third-order valence-electron chi connectivity index (χ3n) is 2.44. The van der Waals surface area contributed by atoms with Gasteiger partial charge in [0.2, 0.25) is 15.8 Å². The number of furan rings is 1. The van der Waals surface area contributed by atoms with Crippen LogP contribution in [0.3, 0.4) is 0 Å². The summed E-state index contributed by atoms with van der Waals surface area (Å²) < 4.78 is 33.9. The van der Waals surface area contributed by atoms with Gasteiger partial charge in [-0.1, -0.05) is 0 Å². The number of ether oxygens (including phenoxy) is 1. The zero-order valence-electron chi connectivity index (χ0n) is 11.2. The third kappa shape index (κ3) is 4.66. The van der Waals surface area contributed by atoms with Crippen molar-refractivity contribution in [2.24, 2.45) is 0 Å². The largest absolute Gasteiger partial charge is 0.463 e. The van der Waals surface area contributed by atoms with Crippen LogP contribution in [-0.2, 0) is 21.3 Å². The first-order valence-electron chi connectivity index (χ1n) is 5.65. The van der Waals surface area contributed by atoms with Crippen molar-refractivity contribution in [3.8, 4) is 0 Å². The second kappa shape index (κ2) is 6.69. The fourth-order valence-electron chi connectivity index (χ4n) is 1.28. The van der Waals surface area contributed by atoms with Crippen LogP contribution in [0.2, 0.25) is 0 Å². The van der Waals surface area contributed by atoms with E-state index in [0.29, 0.717) is 18.8 Å². The van der Waals surface area contributed by atoms with Gasteiger partial charge in [-0.05, 0) is 12.1 Å². The number of carbonyl (C=O) groups is 1. The lowest BCUT2D eigenvalue weighted by Gasteiger charge is -2.10. The number of nitrogens with zero attached hydrogens (tertiary/aromatic N) is 1. The van der Waals surface area contributed by atoms with E-state index in [0.717, 1.165) is 0 Å². The van der Waals surface area contributed by atoms with E-state index in [-0.39, 0.29) is 11.5 Å². The fraction of sp³-hybridized carbons (Fsp3) is 0.545. The molecule has 0 saturated heterocycles. The molecule has 0 fully saturated rings. The van der Waals surface area contributed by atoms with E-state index in [2.05, 4.69) is 10.1 Å². The van der Waals surface area contributed by atoms with Gasteiger partial charge in [0.05, 0.1) is 19.4 Å². The van der Waals surface area contributed by atoms with Crippen LogP contribution >= 0.6 is 0 Å². The van der Waals surface area contributed by atoms with Gasteiger partial charge >= 0.3 is 5.97 Å². The lowest BCUT2D eigenvalue weighted by molar-refractivity contribution is 0.0563. The Bertz CT molecular complexity index is 521. The standard InChI is InChI=1S/C11H18N2O5S/c1-13(2)19(15,16)7-6-12-8-9-4-5-10(18-9)11(14)17-3/h4-5,12H,6-8H2,1-3H3. The van der Waals surface area contributed by atoms with Gasteiger partial charge < -0.3 is 14.5 Å². The number of hydrogen-bond acceptors (Lipinski definition) is 6. The Morgan fingerprint density at radius 1 is 1.42 bits per heavy atom. The van der Waals surface area contributed by atoms with Crippen LogP contribution in [0.1, 0.15) is 16.3 Å². The summed E-state index contributed by atoms with van der Waals surface area (Å²) in [5, 5.41) is 2.93. The Balaban J connectivity index is 2.38. The Morgan fingerprint density at radius 2 is 2.11 bits per heavy atom. The van der Waals surface area contributed by atoms with Crippen molar-refractivity contribution >= 4 is 16.0 Å². The molecule has 0 aliphatic carbocycles. The molecular formula is C11H18N2O5S. The zero-order valence-corrected chi connectivity index (χ0v) is 12.0. The topological polar surface area (TPSA) is 88.8 Å². The lowest BCUT2D eigenvalue weighted by atomic mass is 10.4. The van der Waals surface area contributed by atoms with Crippen LogP contribution in [-0.4, -0.2) is 52.2 Å². The molecule has 0 radical (unpaired) electrons. The van der Waals surface area contributed by atoms with Gasteiger partial charge in [0.1, 0.15) is 5.76 Å². The summed E-state index contributed by atoms with van der Waals surface area (Å²) >= 11 is 0. The van der Waals surface area contributed by atoms with Crippen molar-refractivity contribution in [1.82, 2.24) is 9.62 Å². The monoisotopic (exact) mass is 290 g/mol. The maximum Gasteiger partial charge on any atom is 0.373 e. The second-order valence-electron chi connectivity index (χ2n) is 4.03. The van der Waals surface area contributed by atoms with Gasteiger partial charge in [-0.2, -0.15) is 0 Å². The Kier molecular flexibility index (Phi) is 5.52. The molecule has 108 valence electrons. The smallest absolute Gasteiger partial charge is 0.373 e. The fourth-order valence-corrected chi connectivity index (χ4v) is 2.05. The van der Waals surface area contributed by atoms with Gasteiger partial charge in [-0.15, -0.1) is 0 Å². The van der Waals surface area contributed by atoms with Crippen LogP contribution in [0.15, 0.2) is 16.5 Å². The molecule has 0 unspecified atom stereocenters. The molecule has 19 heavy (non-hydrogen) atoms. The number of esters is 1. The molecule has 0 saturated carbocycles. The highest BCUT2D eigenvalue weighted by Crippen LogP contribution is 2.08. The predicted molar refractivity (Wildman–Crippen MR) is 69.2 cm³/mol. The van der Waals surface area contributed by atoms with Crippen molar-refractivity contribution in [3.63, 3.8) is 0 Å². The number of rotatable bonds is 7. The molecular weight excluding hydrogens is 272 g/mol. The second-order valence-corrected chi connectivity index (χ2v) is 6.34. The summed E-state index contributed by atoms with van der Waals surface area (Å²) in [7, 11) is 1.06. The zero-order chi connectivity index (χ0) is 14.5. The van der Waals surface area contributed by atoms with Gasteiger partial charge in [-0.25, -0.2) is 17.5 Å². The van der Waals surface area contributed by atoms with Gasteiger partial charge in [-0.3, -0.25) is 0 Å². The highest BCUT2D eigenvalue weighted by molar-refractivity contribution is 7.89. The summed E-state index contributed by atoms with van der Waals surface area (Å²) in [5.41, 5.74) is 0. The van der Waals surface area contributed by atoms with E-state index in [1.165, 1.54) is 31.6 Å². The van der Waals surface area contributed by atoms with Crippen molar-refractivity contribution in [2.75, 3.05) is 33.5 Å². The minimum absolute atomic E-state index is 0.00453. The van der Waals surface area contributed by atoms with Gasteiger partial charge in [0.25, 0.3) is 0 Å². The summed E-state index contributed by atoms with van der Waals surface area (Å²) in [6, 6.07) is 3.15. The highest BCUT2D eigenvalue weighted by Gasteiger charge is 2.13. The van der Waals surface area contributed by atoms with E-state index in [4.69, 9.17) is 4.42 Å². The van der Waals surface area contributed by atoms with E-state index < -0.39 is 16.0 Å². The Hall–Kier alpha value is -1.38. The molecule has 8 heteroatoms. The highest BCUT2D eigenvalue weighted by atomic mass is 32.2. The average Bonchev–Trinajstić information content (AvgIpc) is 2.82. The van der Waals surface area contributed by atoms with E-state index in [9.17, 15) is 13.2 Å². The van der Waals surface area contributed by atoms with Crippen molar-refractivity contribution < 1.29 is 22.4 Å². The first-order chi connectivity index (χ1) is 8.86. The third-order valence-corrected chi connectivity index (χ3v) is 4.27. The lowest BCUT2D eigenvalue weighted by Crippen LogP contribution is -2.30. The van der Waals surface area contributed by atoms with Gasteiger partial charge in [0.15, 0.2) is 0 Å². The molecule has 0 aliphatic rings. The molecule has 0 atom stereocenters. The molecule has 0 aromatic carbocycles. The van der Waals surface area contributed by atoms with Gasteiger partial charge in [0, 0.05) is 20.6 Å². The van der Waals surface area contributed by atoms with Crippen molar-refractivity contribution in [3.05, 3.63) is 23.7 Å². The number of hydrogen-bond donors (Lipinski definition) is 1. The first-order valence-corrected chi connectivity index (χ1v) is 7.25. The van der Waals surface area contributed by atoms with E-state index in [1.807, 2.05) is 0 Å². The first kappa shape index (κ1) is 15.7. The van der Waals surface area contributed by atoms with E-state index >= 15 is 0 Å². The molecule has 1 heterocycles. The number of nitrogens with one attached hydrogen (secondary N) is 1. The number of carbonyl (C=O) groups excluding carboxylic acids is 1. The Morgan fingerprint density at radius 3 is 2.68 bits per heavy atom. The van der Waals surface area contributed by atoms with Crippen LogP contribution in [0, 0.1) is 0 Å². The quantitative estimate of drug-likeness (QED) is 0.564. The molecule has 7 nitrogen and oxygen atoms in total. The summed E-state index contributed by atoms with van der Waals surface area (Å²) in [5.74, 6) is 0.134. The molecule has 1 aromatic heterocycles.